The fourth-order valence-corrected chi connectivity index (χ4v) is 4.48. The molecule has 0 unspecified atom stereocenters. The summed E-state index contributed by atoms with van der Waals surface area (Å²) in [5.41, 5.74) is 1.21. The van der Waals surface area contributed by atoms with Gasteiger partial charge in [-0.3, -0.25) is 0 Å². The zero-order chi connectivity index (χ0) is 22.5. The number of nitriles is 1. The number of oxime groups is 1. The second kappa shape index (κ2) is 9.36. The van der Waals surface area contributed by atoms with Crippen molar-refractivity contribution in [2.45, 2.75) is 30.2 Å². The van der Waals surface area contributed by atoms with Gasteiger partial charge in [-0.2, -0.15) is 9.57 Å². The van der Waals surface area contributed by atoms with E-state index in [1.165, 1.54) is 10.5 Å². The van der Waals surface area contributed by atoms with Crippen molar-refractivity contribution < 1.29 is 31.2 Å². The summed E-state index contributed by atoms with van der Waals surface area (Å²) in [7, 11) is -3.85. The maximum absolute atomic E-state index is 12.7. The first kappa shape index (κ1) is 22.6. The van der Waals surface area contributed by atoms with Crippen LogP contribution in [-0.2, 0) is 14.9 Å². The zero-order valence-electron chi connectivity index (χ0n) is 16.1. The van der Waals surface area contributed by atoms with E-state index in [0.29, 0.717) is 24.0 Å². The van der Waals surface area contributed by atoms with Crippen LogP contribution in [0.2, 0.25) is 0 Å². The third-order valence-corrected chi connectivity index (χ3v) is 6.44. The third-order valence-electron chi connectivity index (χ3n) is 4.52. The summed E-state index contributed by atoms with van der Waals surface area (Å²) in [5.74, 6) is -0.489. The molecule has 164 valence electrons. The highest BCUT2D eigenvalue weighted by atomic mass is 32.2. The fraction of sp³-hybridized carbons (Fsp3) is 0.300. The molecule has 11 heteroatoms. The number of hydrogen-bond acceptors (Lipinski definition) is 6. The van der Waals surface area contributed by atoms with Crippen LogP contribution in [0.3, 0.4) is 0 Å². The number of sulfonamides is 1. The zero-order valence-corrected chi connectivity index (χ0v) is 16.9. The number of rotatable bonds is 6. The standard InChI is InChI=1S/C20H18F3N3O4S/c21-20(22,23)29-17-4-6-19(7-5-17)31(27,28)26-10-8-18(9-11-26)30-25-14-16-3-1-2-15(12-16)13-24/h1-7,12,14,18H,8-11H2/b25-14-. The molecule has 1 fully saturated rings. The first-order valence-corrected chi connectivity index (χ1v) is 10.7. The SMILES string of the molecule is N#Cc1cccc(/C=N\OC2CCN(S(=O)(=O)c3ccc(OC(F)(F)F)cc3)CC2)c1. The lowest BCUT2D eigenvalue weighted by Crippen LogP contribution is -2.40. The van der Waals surface area contributed by atoms with E-state index in [9.17, 15) is 21.6 Å². The lowest BCUT2D eigenvalue weighted by atomic mass is 10.1. The van der Waals surface area contributed by atoms with Gasteiger partial charge in [-0.15, -0.1) is 13.2 Å². The van der Waals surface area contributed by atoms with Crippen molar-refractivity contribution in [3.05, 3.63) is 59.7 Å². The first-order valence-electron chi connectivity index (χ1n) is 9.23. The Morgan fingerprint density at radius 1 is 1.13 bits per heavy atom. The van der Waals surface area contributed by atoms with Gasteiger partial charge in [-0.05, 0) is 42.0 Å². The van der Waals surface area contributed by atoms with E-state index >= 15 is 0 Å². The Labute approximate surface area is 177 Å². The van der Waals surface area contributed by atoms with Gasteiger partial charge in [0.15, 0.2) is 0 Å². The quantitative estimate of drug-likeness (QED) is 0.492. The lowest BCUT2D eigenvalue weighted by molar-refractivity contribution is -0.274. The van der Waals surface area contributed by atoms with E-state index in [-0.39, 0.29) is 24.1 Å². The number of hydrogen-bond donors (Lipinski definition) is 0. The largest absolute Gasteiger partial charge is 0.573 e. The van der Waals surface area contributed by atoms with Gasteiger partial charge in [0.25, 0.3) is 0 Å². The molecular formula is C20H18F3N3O4S. The fourth-order valence-electron chi connectivity index (χ4n) is 3.01. The van der Waals surface area contributed by atoms with E-state index in [2.05, 4.69) is 9.89 Å². The Hall–Kier alpha value is -3.10. The van der Waals surface area contributed by atoms with Crippen LogP contribution in [0.5, 0.6) is 5.75 Å². The maximum Gasteiger partial charge on any atom is 0.573 e. The van der Waals surface area contributed by atoms with Crippen LogP contribution in [0.1, 0.15) is 24.0 Å². The first-order chi connectivity index (χ1) is 14.7. The summed E-state index contributed by atoms with van der Waals surface area (Å²) in [6.07, 6.45) is -2.82. The molecule has 3 rings (SSSR count). The molecule has 31 heavy (non-hydrogen) atoms. The average Bonchev–Trinajstić information content (AvgIpc) is 2.73. The molecule has 1 heterocycles. The Morgan fingerprint density at radius 3 is 2.42 bits per heavy atom. The number of halogens is 3. The highest BCUT2D eigenvalue weighted by Crippen LogP contribution is 2.26. The van der Waals surface area contributed by atoms with Crippen molar-refractivity contribution in [1.29, 1.82) is 5.26 Å². The predicted octanol–water partition coefficient (Wildman–Crippen LogP) is 3.66. The van der Waals surface area contributed by atoms with Crippen molar-refractivity contribution >= 4 is 16.2 Å². The molecule has 2 aromatic rings. The summed E-state index contributed by atoms with van der Waals surface area (Å²) >= 11 is 0. The third kappa shape index (κ3) is 6.19. The van der Waals surface area contributed by atoms with Crippen LogP contribution in [0.15, 0.2) is 58.6 Å². The predicted molar refractivity (Wildman–Crippen MR) is 105 cm³/mol. The molecule has 0 spiro atoms. The lowest BCUT2D eigenvalue weighted by Gasteiger charge is -2.29. The minimum atomic E-state index is -4.84. The van der Waals surface area contributed by atoms with Gasteiger partial charge in [0.2, 0.25) is 10.0 Å². The average molecular weight is 453 g/mol. The van der Waals surface area contributed by atoms with Crippen LogP contribution < -0.4 is 4.74 Å². The summed E-state index contributed by atoms with van der Waals surface area (Å²) in [6.45, 7) is 0.375. The molecule has 0 aromatic heterocycles. The van der Waals surface area contributed by atoms with Crippen LogP contribution in [-0.4, -0.2) is 44.5 Å². The highest BCUT2D eigenvalue weighted by Gasteiger charge is 2.32. The number of benzene rings is 2. The van der Waals surface area contributed by atoms with Crippen molar-refractivity contribution in [1.82, 2.24) is 4.31 Å². The molecular weight excluding hydrogens is 435 g/mol. The van der Waals surface area contributed by atoms with Gasteiger partial charge in [-0.25, -0.2) is 8.42 Å². The van der Waals surface area contributed by atoms with Gasteiger partial charge in [0.05, 0.1) is 22.7 Å². The monoisotopic (exact) mass is 453 g/mol. The number of alkyl halides is 3. The molecule has 0 N–H and O–H groups in total. The van der Waals surface area contributed by atoms with Crippen LogP contribution in [0.25, 0.3) is 0 Å². The van der Waals surface area contributed by atoms with Crippen molar-refractivity contribution in [3.63, 3.8) is 0 Å². The van der Waals surface area contributed by atoms with Gasteiger partial charge in [0, 0.05) is 25.9 Å². The molecule has 0 aliphatic carbocycles. The number of nitrogens with zero attached hydrogens (tertiary/aromatic N) is 3. The highest BCUT2D eigenvalue weighted by molar-refractivity contribution is 7.89. The van der Waals surface area contributed by atoms with Crippen LogP contribution in [0.4, 0.5) is 13.2 Å². The number of piperidine rings is 1. The molecule has 1 aliphatic rings. The van der Waals surface area contributed by atoms with Gasteiger partial charge in [-0.1, -0.05) is 17.3 Å². The minimum Gasteiger partial charge on any atom is -0.406 e. The van der Waals surface area contributed by atoms with Gasteiger partial charge < -0.3 is 9.57 Å². The molecule has 0 saturated carbocycles. The van der Waals surface area contributed by atoms with Gasteiger partial charge >= 0.3 is 6.36 Å². The van der Waals surface area contributed by atoms with E-state index in [1.807, 2.05) is 6.07 Å². The summed E-state index contributed by atoms with van der Waals surface area (Å²) in [4.78, 5) is 5.32. The summed E-state index contributed by atoms with van der Waals surface area (Å²) in [6, 6.07) is 13.0. The Balaban J connectivity index is 1.54. The molecule has 0 amide bonds. The number of ether oxygens (including phenoxy) is 1. The van der Waals surface area contributed by atoms with E-state index in [0.717, 1.165) is 24.3 Å². The van der Waals surface area contributed by atoms with E-state index in [1.54, 1.807) is 24.3 Å². The topological polar surface area (TPSA) is 92.0 Å². The Morgan fingerprint density at radius 2 is 1.81 bits per heavy atom. The second-order valence-electron chi connectivity index (χ2n) is 6.70. The van der Waals surface area contributed by atoms with E-state index < -0.39 is 22.1 Å². The Kier molecular flexibility index (Phi) is 6.82. The molecule has 7 nitrogen and oxygen atoms in total. The Bertz CT molecular complexity index is 1070. The normalized spacial score (nSPS) is 16.2. The maximum atomic E-state index is 12.7. The summed E-state index contributed by atoms with van der Waals surface area (Å²) < 4.78 is 67.2. The van der Waals surface area contributed by atoms with E-state index in [4.69, 9.17) is 10.1 Å². The van der Waals surface area contributed by atoms with Crippen molar-refractivity contribution in [2.24, 2.45) is 5.16 Å². The molecule has 0 radical (unpaired) electrons. The molecule has 2 aromatic carbocycles. The van der Waals surface area contributed by atoms with Crippen molar-refractivity contribution in [3.8, 4) is 11.8 Å². The molecule has 0 atom stereocenters. The second-order valence-corrected chi connectivity index (χ2v) is 8.64. The molecule has 0 bridgehead atoms. The van der Waals surface area contributed by atoms with Gasteiger partial charge in [0.1, 0.15) is 11.9 Å². The minimum absolute atomic E-state index is 0.114. The molecule has 1 saturated heterocycles. The molecule has 1 aliphatic heterocycles. The summed E-state index contributed by atoms with van der Waals surface area (Å²) in [5, 5.41) is 12.8. The van der Waals surface area contributed by atoms with Crippen LogP contribution in [0, 0.1) is 11.3 Å². The smallest absolute Gasteiger partial charge is 0.406 e. The van der Waals surface area contributed by atoms with Crippen molar-refractivity contribution in [2.75, 3.05) is 13.1 Å². The van der Waals surface area contributed by atoms with Crippen LogP contribution >= 0.6 is 0 Å².